The summed E-state index contributed by atoms with van der Waals surface area (Å²) >= 11 is 0. The molecule has 2 heterocycles. The van der Waals surface area contributed by atoms with Gasteiger partial charge in [0.05, 0.1) is 7.11 Å². The average molecular weight is 467 g/mol. The molecular formula is C28H38N2O4. The number of carbonyl (C=O) groups excluding carboxylic acids is 1. The highest BCUT2D eigenvalue weighted by atomic mass is 16.6. The van der Waals surface area contributed by atoms with Crippen molar-refractivity contribution in [1.82, 2.24) is 9.80 Å². The number of hydrogen-bond acceptors (Lipinski definition) is 5. The fraction of sp³-hybridized carbons (Fsp3) is 0.536. The largest absolute Gasteiger partial charge is 0.493 e. The molecule has 2 saturated heterocycles. The second-order valence-electron chi connectivity index (χ2n) is 10.6. The first-order valence-electron chi connectivity index (χ1n) is 12.4. The van der Waals surface area contributed by atoms with E-state index in [4.69, 9.17) is 14.2 Å². The third kappa shape index (κ3) is 6.23. The number of para-hydroxylation sites is 2. The highest BCUT2D eigenvalue weighted by Crippen LogP contribution is 2.42. The molecule has 0 aliphatic carbocycles. The van der Waals surface area contributed by atoms with Crippen molar-refractivity contribution in [3.63, 3.8) is 0 Å². The van der Waals surface area contributed by atoms with Gasteiger partial charge in [-0.2, -0.15) is 0 Å². The zero-order chi connectivity index (χ0) is 24.2. The molecule has 0 unspecified atom stereocenters. The summed E-state index contributed by atoms with van der Waals surface area (Å²) in [6.07, 6.45) is 4.35. The lowest BCUT2D eigenvalue weighted by Crippen LogP contribution is -2.49. The SMILES string of the molecule is COc1ccccc1Oc1cccc(CN2CCC3(CC2)CCN(C(=O)OC(C)(C)C)CC3)c1. The molecule has 184 valence electrons. The van der Waals surface area contributed by atoms with Crippen LogP contribution in [0.25, 0.3) is 0 Å². The maximum atomic E-state index is 12.4. The number of piperidine rings is 2. The van der Waals surface area contributed by atoms with Gasteiger partial charge in [0.15, 0.2) is 11.5 Å². The van der Waals surface area contributed by atoms with Crippen LogP contribution in [0.1, 0.15) is 52.0 Å². The molecule has 0 atom stereocenters. The Balaban J connectivity index is 1.28. The van der Waals surface area contributed by atoms with Crippen molar-refractivity contribution in [2.45, 2.75) is 58.6 Å². The molecule has 1 spiro atoms. The molecular weight excluding hydrogens is 428 g/mol. The van der Waals surface area contributed by atoms with Gasteiger partial charge in [-0.15, -0.1) is 0 Å². The number of rotatable bonds is 5. The topological polar surface area (TPSA) is 51.2 Å². The molecule has 0 saturated carbocycles. The summed E-state index contributed by atoms with van der Waals surface area (Å²) in [5, 5.41) is 0. The van der Waals surface area contributed by atoms with Crippen molar-refractivity contribution in [3.8, 4) is 17.2 Å². The van der Waals surface area contributed by atoms with E-state index in [0.717, 1.165) is 62.8 Å². The van der Waals surface area contributed by atoms with E-state index >= 15 is 0 Å². The number of nitrogens with zero attached hydrogens (tertiary/aromatic N) is 2. The van der Waals surface area contributed by atoms with Gasteiger partial charge in [0, 0.05) is 19.6 Å². The molecule has 34 heavy (non-hydrogen) atoms. The quantitative estimate of drug-likeness (QED) is 0.533. The van der Waals surface area contributed by atoms with Crippen molar-refractivity contribution >= 4 is 6.09 Å². The van der Waals surface area contributed by atoms with Crippen LogP contribution in [0.4, 0.5) is 4.79 Å². The Labute approximate surface area is 203 Å². The van der Waals surface area contributed by atoms with Gasteiger partial charge in [-0.25, -0.2) is 4.79 Å². The second kappa shape index (κ2) is 10.3. The highest BCUT2D eigenvalue weighted by molar-refractivity contribution is 5.68. The smallest absolute Gasteiger partial charge is 0.410 e. The summed E-state index contributed by atoms with van der Waals surface area (Å²) < 4.78 is 17.1. The zero-order valence-electron chi connectivity index (χ0n) is 21.0. The summed E-state index contributed by atoms with van der Waals surface area (Å²) in [6, 6.07) is 16.0. The van der Waals surface area contributed by atoms with Crippen molar-refractivity contribution in [2.24, 2.45) is 5.41 Å². The number of methoxy groups -OCH3 is 1. The van der Waals surface area contributed by atoms with Gasteiger partial charge in [-0.05, 0) is 94.8 Å². The normalized spacial score (nSPS) is 18.5. The highest BCUT2D eigenvalue weighted by Gasteiger charge is 2.39. The monoisotopic (exact) mass is 466 g/mol. The molecule has 4 rings (SSSR count). The van der Waals surface area contributed by atoms with Crippen LogP contribution in [-0.4, -0.2) is 54.8 Å². The Bertz CT molecular complexity index is 966. The lowest BCUT2D eigenvalue weighted by molar-refractivity contribution is -0.00312. The predicted octanol–water partition coefficient (Wildman–Crippen LogP) is 6.10. The van der Waals surface area contributed by atoms with Crippen LogP contribution in [0.3, 0.4) is 0 Å². The van der Waals surface area contributed by atoms with E-state index in [0.29, 0.717) is 5.41 Å². The van der Waals surface area contributed by atoms with E-state index < -0.39 is 5.60 Å². The minimum absolute atomic E-state index is 0.171. The average Bonchev–Trinajstić information content (AvgIpc) is 2.81. The van der Waals surface area contributed by atoms with E-state index in [9.17, 15) is 4.79 Å². The first-order chi connectivity index (χ1) is 16.3. The number of ether oxygens (including phenoxy) is 3. The molecule has 2 aromatic carbocycles. The van der Waals surface area contributed by atoms with Crippen LogP contribution < -0.4 is 9.47 Å². The lowest BCUT2D eigenvalue weighted by Gasteiger charge is -2.46. The molecule has 6 nitrogen and oxygen atoms in total. The lowest BCUT2D eigenvalue weighted by atomic mass is 9.71. The van der Waals surface area contributed by atoms with Gasteiger partial charge in [0.2, 0.25) is 0 Å². The van der Waals surface area contributed by atoms with E-state index in [1.807, 2.05) is 56.0 Å². The summed E-state index contributed by atoms with van der Waals surface area (Å²) in [7, 11) is 1.66. The zero-order valence-corrected chi connectivity index (χ0v) is 21.0. The molecule has 2 aromatic rings. The maximum absolute atomic E-state index is 12.4. The molecule has 1 amide bonds. The Kier molecular flexibility index (Phi) is 7.36. The fourth-order valence-corrected chi connectivity index (χ4v) is 4.97. The van der Waals surface area contributed by atoms with Gasteiger partial charge in [-0.3, -0.25) is 4.90 Å². The van der Waals surface area contributed by atoms with E-state index in [2.05, 4.69) is 23.1 Å². The first kappa shape index (κ1) is 24.4. The van der Waals surface area contributed by atoms with Gasteiger partial charge in [-0.1, -0.05) is 24.3 Å². The van der Waals surface area contributed by atoms with E-state index in [1.165, 1.54) is 18.4 Å². The van der Waals surface area contributed by atoms with Crippen LogP contribution in [-0.2, 0) is 11.3 Å². The molecule has 6 heteroatoms. The first-order valence-corrected chi connectivity index (χ1v) is 12.4. The summed E-state index contributed by atoms with van der Waals surface area (Å²) in [6.45, 7) is 10.5. The van der Waals surface area contributed by atoms with Crippen LogP contribution in [0.15, 0.2) is 48.5 Å². The van der Waals surface area contributed by atoms with Crippen molar-refractivity contribution in [3.05, 3.63) is 54.1 Å². The Hall–Kier alpha value is -2.73. The Morgan fingerprint density at radius 2 is 1.56 bits per heavy atom. The Morgan fingerprint density at radius 1 is 0.912 bits per heavy atom. The number of benzene rings is 2. The predicted molar refractivity (Wildman–Crippen MR) is 133 cm³/mol. The second-order valence-corrected chi connectivity index (χ2v) is 10.6. The summed E-state index contributed by atoms with van der Waals surface area (Å²) in [5.74, 6) is 2.27. The number of likely N-dealkylation sites (tertiary alicyclic amines) is 2. The van der Waals surface area contributed by atoms with Gasteiger partial charge in [0.25, 0.3) is 0 Å². The third-order valence-electron chi connectivity index (χ3n) is 6.99. The standard InChI is InChI=1S/C28H38N2O4/c1-27(2,3)34-26(31)30-18-14-28(15-19-30)12-16-29(17-13-28)21-22-8-7-9-23(20-22)33-25-11-6-5-10-24(25)32-4/h5-11,20H,12-19,21H2,1-4H3. The van der Waals surface area contributed by atoms with Crippen LogP contribution >= 0.6 is 0 Å². The minimum atomic E-state index is -0.437. The summed E-state index contributed by atoms with van der Waals surface area (Å²) in [4.78, 5) is 16.8. The molecule has 0 radical (unpaired) electrons. The molecule has 0 aromatic heterocycles. The van der Waals surface area contributed by atoms with Crippen LogP contribution in [0.5, 0.6) is 17.2 Å². The molecule has 2 fully saturated rings. The van der Waals surface area contributed by atoms with Crippen molar-refractivity contribution < 1.29 is 19.0 Å². The van der Waals surface area contributed by atoms with Crippen LogP contribution in [0.2, 0.25) is 0 Å². The molecule has 2 aliphatic heterocycles. The number of amides is 1. The molecule has 2 aliphatic rings. The van der Waals surface area contributed by atoms with Gasteiger partial charge >= 0.3 is 6.09 Å². The fourth-order valence-electron chi connectivity index (χ4n) is 4.97. The Morgan fingerprint density at radius 3 is 2.21 bits per heavy atom. The maximum Gasteiger partial charge on any atom is 0.410 e. The molecule has 0 bridgehead atoms. The number of carbonyl (C=O) groups is 1. The van der Waals surface area contributed by atoms with Gasteiger partial charge in [0.1, 0.15) is 11.4 Å². The molecule has 0 N–H and O–H groups in total. The van der Waals surface area contributed by atoms with E-state index in [1.54, 1.807) is 7.11 Å². The minimum Gasteiger partial charge on any atom is -0.493 e. The van der Waals surface area contributed by atoms with Crippen LogP contribution in [0, 0.1) is 5.41 Å². The van der Waals surface area contributed by atoms with Crippen molar-refractivity contribution in [2.75, 3.05) is 33.3 Å². The van der Waals surface area contributed by atoms with E-state index in [-0.39, 0.29) is 6.09 Å². The van der Waals surface area contributed by atoms with Gasteiger partial charge < -0.3 is 19.1 Å². The summed E-state index contributed by atoms with van der Waals surface area (Å²) in [5.41, 5.74) is 1.18. The van der Waals surface area contributed by atoms with Crippen molar-refractivity contribution in [1.29, 1.82) is 0 Å². The third-order valence-corrected chi connectivity index (χ3v) is 6.99. The number of hydrogen-bond donors (Lipinski definition) is 0.